The van der Waals surface area contributed by atoms with Crippen molar-refractivity contribution in [1.29, 1.82) is 0 Å². The summed E-state index contributed by atoms with van der Waals surface area (Å²) in [4.78, 5) is 1.38. The predicted octanol–water partition coefficient (Wildman–Crippen LogP) is 13.9. The van der Waals surface area contributed by atoms with Crippen LogP contribution in [-0.2, 0) is 5.41 Å². The lowest BCUT2D eigenvalue weighted by molar-refractivity contribution is 0.660. The summed E-state index contributed by atoms with van der Waals surface area (Å²) in [6.07, 6.45) is 0. The van der Waals surface area contributed by atoms with Crippen molar-refractivity contribution in [3.63, 3.8) is 0 Å². The molecule has 2 heteroatoms. The normalized spacial score (nSPS) is 16.0. The maximum Gasteiger partial charge on any atom is 0.0651 e. The number of hydrogen-bond acceptors (Lipinski definition) is 1. The molecule has 252 valence electrons. The Kier molecular flexibility index (Phi) is 4.86. The molecule has 1 aliphatic carbocycles. The lowest BCUT2D eigenvalue weighted by Gasteiger charge is -2.30. The summed E-state index contributed by atoms with van der Waals surface area (Å²) < 4.78 is 111. The minimum absolute atomic E-state index is 0.0254. The van der Waals surface area contributed by atoms with Crippen LogP contribution in [0.3, 0.4) is 0 Å². The van der Waals surface area contributed by atoms with Crippen molar-refractivity contribution in [3.05, 3.63) is 205 Å². The van der Waals surface area contributed by atoms with E-state index in [1.807, 2.05) is 103 Å². The Morgan fingerprint density at radius 3 is 2.11 bits per heavy atom. The number of para-hydroxylation sites is 3. The number of aromatic nitrogens is 1. The van der Waals surface area contributed by atoms with E-state index in [9.17, 15) is 6.85 Å². The molecule has 1 aromatic heterocycles. The molecule has 0 fully saturated rings. The highest BCUT2D eigenvalue weighted by Gasteiger charge is 2.36. The predicted molar refractivity (Wildman–Crippen MR) is 224 cm³/mol. The van der Waals surface area contributed by atoms with Gasteiger partial charge in [0.1, 0.15) is 0 Å². The van der Waals surface area contributed by atoms with Crippen LogP contribution in [0.2, 0.25) is 0 Å². The molecule has 10 rings (SSSR count). The molecule has 0 N–H and O–H groups in total. The first-order chi connectivity index (χ1) is 31.0. The average Bonchev–Trinajstić information content (AvgIpc) is 3.76. The number of fused-ring (bicyclic) bond motifs is 6. The Bertz CT molecular complexity index is 3480. The number of anilines is 3. The Morgan fingerprint density at radius 1 is 0.491 bits per heavy atom. The Hall–Kier alpha value is -6.64. The highest BCUT2D eigenvalue weighted by atomic mass is 15.1. The molecule has 1 aliphatic rings. The van der Waals surface area contributed by atoms with E-state index in [1.165, 1.54) is 11.0 Å². The van der Waals surface area contributed by atoms with E-state index in [1.54, 1.807) is 12.1 Å². The first-order valence-corrected chi connectivity index (χ1v) is 17.5. The molecule has 0 aliphatic heterocycles. The van der Waals surface area contributed by atoms with Gasteiger partial charge in [0.05, 0.1) is 33.2 Å². The standard InChI is InChI=1S/C51H38N2/c1-51(2)46-25-12-9-23-42(46)43-30-29-40(34-47(43)51)52(48-26-13-10-22-41(48)35-16-5-3-6-17-35)39-21-15-18-36(32-39)37-28-31-50-45(33-37)44-24-11-14-27-49(44)53(50)38-19-7-4-8-20-38/h3-34H,1-2H3/i3D,5D,6D,10D,13D,15D,16D,17D,18D,21D,26D,32D. The lowest BCUT2D eigenvalue weighted by atomic mass is 9.82. The van der Waals surface area contributed by atoms with Gasteiger partial charge in [0.2, 0.25) is 0 Å². The third-order valence-electron chi connectivity index (χ3n) is 10.4. The number of rotatable bonds is 6. The monoisotopic (exact) mass is 690 g/mol. The summed E-state index contributed by atoms with van der Waals surface area (Å²) in [5, 5.41) is 1.74. The molecule has 0 saturated carbocycles. The van der Waals surface area contributed by atoms with Crippen LogP contribution in [-0.4, -0.2) is 4.57 Å². The number of benzene rings is 8. The molecule has 2 nitrogen and oxygen atoms in total. The van der Waals surface area contributed by atoms with E-state index < -0.39 is 65.8 Å². The Balaban J connectivity index is 1.31. The average molecular weight is 691 g/mol. The van der Waals surface area contributed by atoms with Gasteiger partial charge in [-0.15, -0.1) is 0 Å². The molecule has 0 saturated heterocycles. The van der Waals surface area contributed by atoms with E-state index in [2.05, 4.69) is 18.4 Å². The minimum atomic E-state index is -0.649. The topological polar surface area (TPSA) is 8.17 Å². The van der Waals surface area contributed by atoms with Crippen LogP contribution >= 0.6 is 0 Å². The van der Waals surface area contributed by atoms with Gasteiger partial charge >= 0.3 is 0 Å². The van der Waals surface area contributed by atoms with Crippen molar-refractivity contribution in [2.45, 2.75) is 19.3 Å². The van der Waals surface area contributed by atoms with Gasteiger partial charge in [-0.2, -0.15) is 0 Å². The maximum atomic E-state index is 10.1. The molecule has 0 bridgehead atoms. The van der Waals surface area contributed by atoms with Gasteiger partial charge in [-0.05, 0) is 99.5 Å². The zero-order valence-electron chi connectivity index (χ0n) is 40.9. The Labute approximate surface area is 327 Å². The largest absolute Gasteiger partial charge is 0.310 e. The van der Waals surface area contributed by atoms with E-state index in [-0.39, 0.29) is 45.8 Å². The smallest absolute Gasteiger partial charge is 0.0651 e. The summed E-state index contributed by atoms with van der Waals surface area (Å²) >= 11 is 0. The summed E-state index contributed by atoms with van der Waals surface area (Å²) in [6.45, 7) is 4.14. The molecule has 9 aromatic rings. The molecule has 0 atom stereocenters. The summed E-state index contributed by atoms with van der Waals surface area (Å²) in [5.74, 6) is 0. The zero-order valence-corrected chi connectivity index (χ0v) is 28.9. The van der Waals surface area contributed by atoms with Gasteiger partial charge in [0.25, 0.3) is 0 Å². The fraction of sp³-hybridized carbons (Fsp3) is 0.0588. The van der Waals surface area contributed by atoms with Crippen LogP contribution in [0.25, 0.3) is 60.9 Å². The van der Waals surface area contributed by atoms with Crippen molar-refractivity contribution >= 4 is 38.9 Å². The number of nitrogens with zero attached hydrogens (tertiary/aromatic N) is 2. The lowest BCUT2D eigenvalue weighted by Crippen LogP contribution is -2.17. The van der Waals surface area contributed by atoms with Gasteiger partial charge in [-0.3, -0.25) is 0 Å². The minimum Gasteiger partial charge on any atom is -0.310 e. The van der Waals surface area contributed by atoms with E-state index in [0.717, 1.165) is 49.7 Å². The van der Waals surface area contributed by atoms with Crippen LogP contribution in [0.1, 0.15) is 41.4 Å². The molecule has 0 unspecified atom stereocenters. The van der Waals surface area contributed by atoms with Gasteiger partial charge in [0.15, 0.2) is 0 Å². The van der Waals surface area contributed by atoms with Crippen LogP contribution in [0, 0.1) is 0 Å². The highest BCUT2D eigenvalue weighted by Crippen LogP contribution is 2.51. The van der Waals surface area contributed by atoms with Gasteiger partial charge < -0.3 is 9.47 Å². The highest BCUT2D eigenvalue weighted by molar-refractivity contribution is 6.10. The van der Waals surface area contributed by atoms with Crippen LogP contribution in [0.4, 0.5) is 17.1 Å². The summed E-state index contributed by atoms with van der Waals surface area (Å²) in [6, 6.07) is 31.5. The SMILES string of the molecule is [2H]c1cc(-c2c([2H])c([2H])c([2H])c([2H])c2[2H])c(N(c2ccc3c(c2)C(C)(C)c2ccccc2-3)c2c([2H])c([2H])c([2H])c(-c3ccc4c(c3)c3ccccc3n4-c3ccccc3)c2[2H])c([2H])c1[2H]. The second-order valence-electron chi connectivity index (χ2n) is 13.7. The fourth-order valence-corrected chi connectivity index (χ4v) is 7.87. The van der Waals surface area contributed by atoms with Gasteiger partial charge in [0, 0.05) is 38.8 Å². The molecule has 8 aromatic carbocycles. The zero-order chi connectivity index (χ0) is 46.0. The van der Waals surface area contributed by atoms with E-state index in [0.29, 0.717) is 5.56 Å². The molecular formula is C51H38N2. The van der Waals surface area contributed by atoms with Crippen LogP contribution in [0.15, 0.2) is 194 Å². The van der Waals surface area contributed by atoms with E-state index in [4.69, 9.17) is 9.60 Å². The van der Waals surface area contributed by atoms with Crippen molar-refractivity contribution < 1.29 is 16.4 Å². The molecular weight excluding hydrogens is 641 g/mol. The number of hydrogen-bond donors (Lipinski definition) is 0. The second kappa shape index (κ2) is 12.3. The third kappa shape index (κ3) is 5.02. The van der Waals surface area contributed by atoms with Gasteiger partial charge in [-0.25, -0.2) is 0 Å². The van der Waals surface area contributed by atoms with Crippen molar-refractivity contribution in [2.75, 3.05) is 4.90 Å². The first kappa shape index (κ1) is 21.0. The first-order valence-electron chi connectivity index (χ1n) is 23.5. The fourth-order valence-electron chi connectivity index (χ4n) is 7.87. The van der Waals surface area contributed by atoms with Crippen LogP contribution in [0.5, 0.6) is 0 Å². The summed E-state index contributed by atoms with van der Waals surface area (Å²) in [5.41, 5.74) is 5.80. The molecule has 1 heterocycles. The van der Waals surface area contributed by atoms with Crippen molar-refractivity contribution in [3.8, 4) is 39.1 Å². The van der Waals surface area contributed by atoms with Crippen molar-refractivity contribution in [1.82, 2.24) is 4.57 Å². The van der Waals surface area contributed by atoms with Gasteiger partial charge in [-0.1, -0.05) is 147 Å². The summed E-state index contributed by atoms with van der Waals surface area (Å²) in [7, 11) is 0. The Morgan fingerprint density at radius 2 is 1.23 bits per heavy atom. The van der Waals surface area contributed by atoms with Crippen LogP contribution < -0.4 is 4.90 Å². The molecule has 0 amide bonds. The molecule has 0 spiro atoms. The molecule has 0 radical (unpaired) electrons. The maximum absolute atomic E-state index is 10.1. The molecule has 53 heavy (non-hydrogen) atoms. The quantitative estimate of drug-likeness (QED) is 0.169. The third-order valence-corrected chi connectivity index (χ3v) is 10.4. The second-order valence-corrected chi connectivity index (χ2v) is 13.7. The van der Waals surface area contributed by atoms with Crippen molar-refractivity contribution in [2.24, 2.45) is 0 Å². The van der Waals surface area contributed by atoms with E-state index >= 15 is 0 Å².